The van der Waals surface area contributed by atoms with Crippen molar-refractivity contribution in [2.24, 2.45) is 0 Å². The van der Waals surface area contributed by atoms with Crippen LogP contribution < -0.4 is 0 Å². The van der Waals surface area contributed by atoms with Gasteiger partial charge in [-0.3, -0.25) is 0 Å². The fraction of sp³-hybridized carbons (Fsp3) is 0.300. The van der Waals surface area contributed by atoms with Crippen LogP contribution in [0.5, 0.6) is 5.75 Å². The van der Waals surface area contributed by atoms with Crippen LogP contribution in [0.4, 0.5) is 0 Å². The summed E-state index contributed by atoms with van der Waals surface area (Å²) in [6.45, 7) is 1.89. The topological polar surface area (TPSA) is 37.3 Å². The van der Waals surface area contributed by atoms with Crippen molar-refractivity contribution < 1.29 is 9.90 Å². The van der Waals surface area contributed by atoms with E-state index in [2.05, 4.69) is 0 Å². The highest BCUT2D eigenvalue weighted by Gasteiger charge is 2.09. The second-order valence-corrected chi connectivity index (χ2v) is 3.44. The summed E-state index contributed by atoms with van der Waals surface area (Å²) in [5.41, 5.74) is 0.761. The van der Waals surface area contributed by atoms with E-state index in [0.29, 0.717) is 11.4 Å². The second-order valence-electron chi connectivity index (χ2n) is 3.01. The van der Waals surface area contributed by atoms with Crippen LogP contribution >= 0.6 is 11.6 Å². The van der Waals surface area contributed by atoms with Gasteiger partial charge in [-0.2, -0.15) is 0 Å². The molecule has 0 amide bonds. The Bertz CT molecular complexity index is 310. The molecule has 2 nitrogen and oxygen atoms in total. The van der Waals surface area contributed by atoms with Crippen LogP contribution in [0, 0.1) is 0 Å². The summed E-state index contributed by atoms with van der Waals surface area (Å²) in [6.07, 6.45) is 1.26. The molecule has 0 fully saturated rings. The number of carbonyl (C=O) groups is 1. The Morgan fingerprint density at radius 2 is 2.31 bits per heavy atom. The third kappa shape index (κ3) is 2.46. The Labute approximate surface area is 82.2 Å². The van der Waals surface area contributed by atoms with Gasteiger partial charge in [0.05, 0.1) is 0 Å². The van der Waals surface area contributed by atoms with Crippen LogP contribution in [0.2, 0.25) is 5.02 Å². The normalized spacial score (nSPS) is 12.5. The van der Waals surface area contributed by atoms with Crippen LogP contribution in [0.25, 0.3) is 0 Å². The second kappa shape index (κ2) is 4.28. The molecule has 0 saturated heterocycles. The SMILES string of the molecule is CC(CC=O)c1ccc(Cl)cc1O. The van der Waals surface area contributed by atoms with Gasteiger partial charge in [-0.15, -0.1) is 0 Å². The first-order valence-electron chi connectivity index (χ1n) is 4.07. The van der Waals surface area contributed by atoms with E-state index in [1.54, 1.807) is 12.1 Å². The molecule has 0 saturated carbocycles. The third-order valence-corrected chi connectivity index (χ3v) is 2.21. The van der Waals surface area contributed by atoms with E-state index in [4.69, 9.17) is 11.6 Å². The highest BCUT2D eigenvalue weighted by molar-refractivity contribution is 6.30. The van der Waals surface area contributed by atoms with Gasteiger partial charge in [0.2, 0.25) is 0 Å². The summed E-state index contributed by atoms with van der Waals surface area (Å²) in [4.78, 5) is 10.3. The lowest BCUT2D eigenvalue weighted by molar-refractivity contribution is -0.108. The summed E-state index contributed by atoms with van der Waals surface area (Å²) >= 11 is 5.67. The smallest absolute Gasteiger partial charge is 0.120 e. The molecule has 3 heteroatoms. The Morgan fingerprint density at radius 1 is 1.62 bits per heavy atom. The van der Waals surface area contributed by atoms with Crippen LogP contribution in [0.15, 0.2) is 18.2 Å². The predicted molar refractivity (Wildman–Crippen MR) is 52.2 cm³/mol. The van der Waals surface area contributed by atoms with Gasteiger partial charge >= 0.3 is 0 Å². The average molecular weight is 199 g/mol. The van der Waals surface area contributed by atoms with Gasteiger partial charge in [0.1, 0.15) is 12.0 Å². The molecule has 0 radical (unpaired) electrons. The molecule has 0 aliphatic rings. The fourth-order valence-electron chi connectivity index (χ4n) is 1.20. The lowest BCUT2D eigenvalue weighted by Crippen LogP contribution is -1.94. The van der Waals surface area contributed by atoms with E-state index in [1.165, 1.54) is 6.07 Å². The van der Waals surface area contributed by atoms with Gasteiger partial charge in [-0.25, -0.2) is 0 Å². The Morgan fingerprint density at radius 3 is 2.85 bits per heavy atom. The molecule has 0 spiro atoms. The average Bonchev–Trinajstić information content (AvgIpc) is 2.04. The van der Waals surface area contributed by atoms with E-state index < -0.39 is 0 Å². The van der Waals surface area contributed by atoms with Crippen molar-refractivity contribution in [3.05, 3.63) is 28.8 Å². The van der Waals surface area contributed by atoms with Crippen LogP contribution in [-0.2, 0) is 4.79 Å². The largest absolute Gasteiger partial charge is 0.508 e. The van der Waals surface area contributed by atoms with E-state index in [-0.39, 0.29) is 11.7 Å². The molecule has 0 bridgehead atoms. The lowest BCUT2D eigenvalue weighted by atomic mass is 9.98. The number of phenols is 1. The molecule has 0 heterocycles. The molecular formula is C10H11ClO2. The minimum atomic E-state index is 0.0368. The summed E-state index contributed by atoms with van der Waals surface area (Å²) in [5.74, 6) is 0.191. The molecule has 0 aliphatic carbocycles. The van der Waals surface area contributed by atoms with Crippen molar-refractivity contribution in [2.75, 3.05) is 0 Å². The van der Waals surface area contributed by atoms with E-state index >= 15 is 0 Å². The number of phenolic OH excluding ortho intramolecular Hbond substituents is 1. The van der Waals surface area contributed by atoms with Crippen LogP contribution in [0.1, 0.15) is 24.8 Å². The van der Waals surface area contributed by atoms with Gasteiger partial charge in [0.15, 0.2) is 0 Å². The highest BCUT2D eigenvalue weighted by Crippen LogP contribution is 2.29. The Balaban J connectivity index is 2.94. The van der Waals surface area contributed by atoms with Crippen molar-refractivity contribution in [1.29, 1.82) is 0 Å². The van der Waals surface area contributed by atoms with Gasteiger partial charge in [0, 0.05) is 11.4 Å². The maximum absolute atomic E-state index is 10.3. The fourth-order valence-corrected chi connectivity index (χ4v) is 1.37. The molecule has 1 rings (SSSR count). The zero-order chi connectivity index (χ0) is 9.84. The zero-order valence-corrected chi connectivity index (χ0v) is 8.08. The number of aromatic hydroxyl groups is 1. The molecule has 0 aromatic heterocycles. The quantitative estimate of drug-likeness (QED) is 0.759. The van der Waals surface area contributed by atoms with Crippen molar-refractivity contribution >= 4 is 17.9 Å². The summed E-state index contributed by atoms with van der Waals surface area (Å²) < 4.78 is 0. The summed E-state index contributed by atoms with van der Waals surface area (Å²) in [5, 5.41) is 9.99. The van der Waals surface area contributed by atoms with Crippen molar-refractivity contribution in [3.63, 3.8) is 0 Å². The van der Waals surface area contributed by atoms with E-state index in [1.807, 2.05) is 6.92 Å². The van der Waals surface area contributed by atoms with Crippen LogP contribution in [-0.4, -0.2) is 11.4 Å². The van der Waals surface area contributed by atoms with E-state index in [9.17, 15) is 9.90 Å². The minimum Gasteiger partial charge on any atom is -0.508 e. The van der Waals surface area contributed by atoms with Gasteiger partial charge in [-0.1, -0.05) is 24.6 Å². The van der Waals surface area contributed by atoms with Crippen LogP contribution in [0.3, 0.4) is 0 Å². The minimum absolute atomic E-state index is 0.0368. The number of rotatable bonds is 3. The molecule has 13 heavy (non-hydrogen) atoms. The Hall–Kier alpha value is -1.02. The maximum atomic E-state index is 10.3. The number of benzene rings is 1. The Kier molecular flexibility index (Phi) is 3.32. The highest BCUT2D eigenvalue weighted by atomic mass is 35.5. The number of carbonyl (C=O) groups excluding carboxylic acids is 1. The van der Waals surface area contributed by atoms with E-state index in [0.717, 1.165) is 11.8 Å². The molecule has 1 atom stereocenters. The van der Waals surface area contributed by atoms with Crippen molar-refractivity contribution in [2.45, 2.75) is 19.3 Å². The van der Waals surface area contributed by atoms with Gasteiger partial charge in [-0.05, 0) is 23.6 Å². The number of hydrogen-bond donors (Lipinski definition) is 1. The number of aldehydes is 1. The molecular weight excluding hydrogens is 188 g/mol. The number of halogens is 1. The third-order valence-electron chi connectivity index (χ3n) is 1.97. The molecule has 1 aromatic rings. The van der Waals surface area contributed by atoms with Crippen molar-refractivity contribution in [3.8, 4) is 5.75 Å². The zero-order valence-electron chi connectivity index (χ0n) is 7.33. The summed E-state index contributed by atoms with van der Waals surface area (Å²) in [6, 6.07) is 4.93. The molecule has 1 N–H and O–H groups in total. The molecule has 0 aliphatic heterocycles. The first kappa shape index (κ1) is 10.1. The summed E-state index contributed by atoms with van der Waals surface area (Å²) in [7, 11) is 0. The van der Waals surface area contributed by atoms with Crippen molar-refractivity contribution in [1.82, 2.24) is 0 Å². The number of hydrogen-bond acceptors (Lipinski definition) is 2. The molecule has 1 aromatic carbocycles. The predicted octanol–water partition coefficient (Wildman–Crippen LogP) is 2.74. The van der Waals surface area contributed by atoms with Gasteiger partial charge in [0.25, 0.3) is 0 Å². The monoisotopic (exact) mass is 198 g/mol. The lowest BCUT2D eigenvalue weighted by Gasteiger charge is -2.10. The first-order valence-corrected chi connectivity index (χ1v) is 4.45. The van der Waals surface area contributed by atoms with Gasteiger partial charge < -0.3 is 9.90 Å². The molecule has 1 unspecified atom stereocenters. The molecule has 70 valence electrons. The first-order chi connectivity index (χ1) is 6.15. The maximum Gasteiger partial charge on any atom is 0.120 e. The standard InChI is InChI=1S/C10H11ClO2/c1-7(4-5-12)9-3-2-8(11)6-10(9)13/h2-3,5-7,13H,4H2,1H3.